The first-order valence-electron chi connectivity index (χ1n) is 7.22. The second-order valence-electron chi connectivity index (χ2n) is 4.83. The van der Waals surface area contributed by atoms with Gasteiger partial charge < -0.3 is 20.9 Å². The third kappa shape index (κ3) is 4.91. The van der Waals surface area contributed by atoms with Crippen LogP contribution in [0.4, 0.5) is 11.4 Å². The summed E-state index contributed by atoms with van der Waals surface area (Å²) in [6.07, 6.45) is 2.99. The quantitative estimate of drug-likeness (QED) is 0.575. The number of anilines is 2. The molecule has 0 unspecified atom stereocenters. The molecule has 2 aromatic rings. The first-order valence-corrected chi connectivity index (χ1v) is 7.22. The van der Waals surface area contributed by atoms with Crippen molar-refractivity contribution in [3.63, 3.8) is 0 Å². The van der Waals surface area contributed by atoms with Gasteiger partial charge in [0.05, 0.1) is 24.6 Å². The predicted molar refractivity (Wildman–Crippen MR) is 86.5 cm³/mol. The molecule has 4 N–H and O–H groups in total. The van der Waals surface area contributed by atoms with Crippen LogP contribution in [0.3, 0.4) is 0 Å². The molecule has 0 fully saturated rings. The Kier molecular flexibility index (Phi) is 5.76. The molecular weight excluding hydrogens is 264 g/mol. The summed E-state index contributed by atoms with van der Waals surface area (Å²) in [5.74, 6) is 1.51. The molecule has 2 aromatic carbocycles. The summed E-state index contributed by atoms with van der Waals surface area (Å²) in [6.45, 7) is 1.34. The number of nitrogen functional groups attached to an aromatic ring is 2. The van der Waals surface area contributed by atoms with Gasteiger partial charge in [-0.15, -0.1) is 0 Å². The molecule has 0 bridgehead atoms. The van der Waals surface area contributed by atoms with Gasteiger partial charge in [0.15, 0.2) is 0 Å². The number of ether oxygens (including phenoxy) is 2. The van der Waals surface area contributed by atoms with Crippen molar-refractivity contribution in [2.24, 2.45) is 0 Å². The van der Waals surface area contributed by atoms with Crippen LogP contribution >= 0.6 is 0 Å². The van der Waals surface area contributed by atoms with Gasteiger partial charge in [-0.1, -0.05) is 24.3 Å². The van der Waals surface area contributed by atoms with Gasteiger partial charge in [-0.2, -0.15) is 0 Å². The molecule has 112 valence electrons. The summed E-state index contributed by atoms with van der Waals surface area (Å²) in [5, 5.41) is 0. The molecule has 4 heteroatoms. The Morgan fingerprint density at radius 2 is 1.05 bits per heavy atom. The van der Waals surface area contributed by atoms with Gasteiger partial charge in [-0.3, -0.25) is 0 Å². The van der Waals surface area contributed by atoms with Crippen LogP contribution in [-0.4, -0.2) is 13.2 Å². The molecule has 0 spiro atoms. The van der Waals surface area contributed by atoms with Gasteiger partial charge in [0.2, 0.25) is 0 Å². The largest absolute Gasteiger partial charge is 0.491 e. The van der Waals surface area contributed by atoms with Crippen LogP contribution in [-0.2, 0) is 0 Å². The topological polar surface area (TPSA) is 70.5 Å². The molecule has 4 nitrogen and oxygen atoms in total. The van der Waals surface area contributed by atoms with Crippen molar-refractivity contribution in [1.29, 1.82) is 0 Å². The Bertz CT molecular complexity index is 508. The van der Waals surface area contributed by atoms with Crippen molar-refractivity contribution in [2.45, 2.75) is 19.3 Å². The van der Waals surface area contributed by atoms with E-state index in [1.165, 1.54) is 0 Å². The first kappa shape index (κ1) is 15.0. The zero-order valence-electron chi connectivity index (χ0n) is 12.1. The summed E-state index contributed by atoms with van der Waals surface area (Å²) in [6, 6.07) is 15.1. The van der Waals surface area contributed by atoms with Crippen molar-refractivity contribution >= 4 is 11.4 Å². The predicted octanol–water partition coefficient (Wildman–Crippen LogP) is 3.48. The van der Waals surface area contributed by atoms with Gasteiger partial charge in [0.1, 0.15) is 11.5 Å². The van der Waals surface area contributed by atoms with Gasteiger partial charge in [-0.05, 0) is 43.5 Å². The number of unbranched alkanes of at least 4 members (excludes halogenated alkanes) is 2. The van der Waals surface area contributed by atoms with E-state index in [0.717, 1.165) is 30.8 Å². The highest BCUT2D eigenvalue weighted by atomic mass is 16.5. The number of hydrogen-bond acceptors (Lipinski definition) is 4. The van der Waals surface area contributed by atoms with Crippen LogP contribution in [0.25, 0.3) is 0 Å². The maximum absolute atomic E-state index is 5.80. The highest BCUT2D eigenvalue weighted by Crippen LogP contribution is 2.21. The van der Waals surface area contributed by atoms with Gasteiger partial charge in [0, 0.05) is 0 Å². The fourth-order valence-corrected chi connectivity index (χ4v) is 1.97. The lowest BCUT2D eigenvalue weighted by Crippen LogP contribution is -2.03. The summed E-state index contributed by atoms with van der Waals surface area (Å²) in [5.41, 5.74) is 13.0. The molecule has 0 aliphatic rings. The summed E-state index contributed by atoms with van der Waals surface area (Å²) < 4.78 is 11.3. The Balaban J connectivity index is 1.57. The molecule has 0 aliphatic heterocycles. The standard InChI is InChI=1S/C17H22N2O2/c18-14-8-2-4-10-16(14)20-12-6-1-7-13-21-17-11-5-3-9-15(17)19/h2-5,8-11H,1,6-7,12-13,18-19H2. The second-order valence-corrected chi connectivity index (χ2v) is 4.83. The number of para-hydroxylation sites is 4. The molecule has 0 aliphatic carbocycles. The number of benzene rings is 2. The molecule has 0 radical (unpaired) electrons. The average molecular weight is 286 g/mol. The van der Waals surface area contributed by atoms with E-state index >= 15 is 0 Å². The summed E-state index contributed by atoms with van der Waals surface area (Å²) in [4.78, 5) is 0. The number of rotatable bonds is 8. The van der Waals surface area contributed by atoms with Crippen molar-refractivity contribution in [2.75, 3.05) is 24.7 Å². The minimum absolute atomic E-state index is 0.668. The number of hydrogen-bond donors (Lipinski definition) is 2. The normalized spacial score (nSPS) is 10.3. The van der Waals surface area contributed by atoms with Crippen LogP contribution in [0.1, 0.15) is 19.3 Å². The summed E-state index contributed by atoms with van der Waals surface area (Å²) in [7, 11) is 0. The molecule has 0 atom stereocenters. The van der Waals surface area contributed by atoms with E-state index < -0.39 is 0 Å². The SMILES string of the molecule is Nc1ccccc1OCCCCCOc1ccccc1N. The minimum atomic E-state index is 0.668. The van der Waals surface area contributed by atoms with Gasteiger partial charge >= 0.3 is 0 Å². The molecule has 0 saturated carbocycles. The fourth-order valence-electron chi connectivity index (χ4n) is 1.97. The molecule has 0 amide bonds. The lowest BCUT2D eigenvalue weighted by molar-refractivity contribution is 0.281. The van der Waals surface area contributed by atoms with Crippen LogP contribution in [0.15, 0.2) is 48.5 Å². The summed E-state index contributed by atoms with van der Waals surface area (Å²) >= 11 is 0. The van der Waals surface area contributed by atoms with E-state index in [4.69, 9.17) is 20.9 Å². The number of nitrogens with two attached hydrogens (primary N) is 2. The van der Waals surface area contributed by atoms with E-state index in [1.807, 2.05) is 48.5 Å². The zero-order valence-corrected chi connectivity index (χ0v) is 12.1. The van der Waals surface area contributed by atoms with Gasteiger partial charge in [-0.25, -0.2) is 0 Å². The highest BCUT2D eigenvalue weighted by molar-refractivity contribution is 5.52. The van der Waals surface area contributed by atoms with Crippen LogP contribution in [0.5, 0.6) is 11.5 Å². The third-order valence-electron chi connectivity index (χ3n) is 3.14. The van der Waals surface area contributed by atoms with Crippen molar-refractivity contribution in [3.05, 3.63) is 48.5 Å². The highest BCUT2D eigenvalue weighted by Gasteiger charge is 1.99. The van der Waals surface area contributed by atoms with E-state index in [0.29, 0.717) is 24.6 Å². The lowest BCUT2D eigenvalue weighted by atomic mass is 10.2. The molecule has 0 aromatic heterocycles. The molecule has 0 saturated heterocycles. The first-order chi connectivity index (χ1) is 10.3. The molecular formula is C17H22N2O2. The monoisotopic (exact) mass is 286 g/mol. The van der Waals surface area contributed by atoms with Crippen LogP contribution in [0.2, 0.25) is 0 Å². The van der Waals surface area contributed by atoms with Crippen molar-refractivity contribution in [3.8, 4) is 11.5 Å². The van der Waals surface area contributed by atoms with Gasteiger partial charge in [0.25, 0.3) is 0 Å². The minimum Gasteiger partial charge on any atom is -0.491 e. The van der Waals surface area contributed by atoms with Crippen LogP contribution in [0, 0.1) is 0 Å². The molecule has 21 heavy (non-hydrogen) atoms. The van der Waals surface area contributed by atoms with E-state index in [1.54, 1.807) is 0 Å². The van der Waals surface area contributed by atoms with E-state index in [9.17, 15) is 0 Å². The third-order valence-corrected chi connectivity index (χ3v) is 3.14. The maximum atomic E-state index is 5.80. The fraction of sp³-hybridized carbons (Fsp3) is 0.294. The Hall–Kier alpha value is -2.36. The molecule has 0 heterocycles. The molecule has 2 rings (SSSR count). The smallest absolute Gasteiger partial charge is 0.142 e. The van der Waals surface area contributed by atoms with E-state index in [2.05, 4.69) is 0 Å². The lowest BCUT2D eigenvalue weighted by Gasteiger charge is -2.09. The van der Waals surface area contributed by atoms with Crippen molar-refractivity contribution < 1.29 is 9.47 Å². The zero-order chi connectivity index (χ0) is 14.9. The van der Waals surface area contributed by atoms with E-state index in [-0.39, 0.29) is 0 Å². The Morgan fingerprint density at radius 1 is 0.619 bits per heavy atom. The average Bonchev–Trinajstić information content (AvgIpc) is 2.50. The Labute approximate surface area is 125 Å². The van der Waals surface area contributed by atoms with Crippen molar-refractivity contribution in [1.82, 2.24) is 0 Å². The second kappa shape index (κ2) is 8.04. The maximum Gasteiger partial charge on any atom is 0.142 e. The van der Waals surface area contributed by atoms with Crippen LogP contribution < -0.4 is 20.9 Å². The Morgan fingerprint density at radius 3 is 1.48 bits per heavy atom.